The molecule has 18 fully saturated rings. The van der Waals surface area contributed by atoms with Gasteiger partial charge in [0.05, 0.1) is 55.5 Å². The Kier molecular flexibility index (Phi) is 34.9. The molecule has 33 heteroatoms. The van der Waals surface area contributed by atoms with Gasteiger partial charge in [0.2, 0.25) is 0 Å². The maximum atomic E-state index is 13.1. The number of carbonyl (C=O) groups excluding carboxylic acids is 12. The quantitative estimate of drug-likeness (QED) is 0.0168. The van der Waals surface area contributed by atoms with Crippen molar-refractivity contribution in [1.82, 2.24) is 39.4 Å². The monoisotopic (exact) mass is 1790 g/mol. The van der Waals surface area contributed by atoms with Gasteiger partial charge in [0.1, 0.15) is 67.6 Å². The number of piperidine rings is 18. The largest absolute Gasteiger partial charge is 0.508 e. The number of nitrogens with zero attached hydrogens (tertiary/aromatic N) is 8. The lowest BCUT2D eigenvalue weighted by atomic mass is 9.74. The molecule has 0 amide bonds. The Bertz CT molecular complexity index is 4220. The van der Waals surface area contributed by atoms with Crippen molar-refractivity contribution in [3.63, 3.8) is 0 Å². The summed E-state index contributed by atoms with van der Waals surface area (Å²) in [7, 11) is 0. The highest BCUT2D eigenvalue weighted by atomic mass is 32.2. The van der Waals surface area contributed by atoms with E-state index in [1.54, 1.807) is 45.8 Å². The maximum Gasteiger partial charge on any atom is 0.508 e. The first-order valence-corrected chi connectivity index (χ1v) is 47.9. The first kappa shape index (κ1) is 95.4. The van der Waals surface area contributed by atoms with Gasteiger partial charge in [-0.25, -0.2) is 19.6 Å². The van der Waals surface area contributed by atoms with Crippen molar-refractivity contribution >= 4 is 123 Å². The molecular formula is C91H122N8O21S4. The molecule has 4 aromatic rings. The molecule has 124 heavy (non-hydrogen) atoms. The fraction of sp³-hybridized carbons (Fsp3) is 0.648. The van der Waals surface area contributed by atoms with E-state index in [9.17, 15) is 57.5 Å². The number of carbonyl (C=O) groups is 12. The summed E-state index contributed by atoms with van der Waals surface area (Å²) >= 11 is 6.55. The van der Waals surface area contributed by atoms with Crippen LogP contribution in [-0.2, 0) is 110 Å². The number of ketones is 6. The first-order chi connectivity index (χ1) is 59.8. The number of aromatic nitrogens is 2. The third-order valence-electron chi connectivity index (χ3n) is 25.9. The summed E-state index contributed by atoms with van der Waals surface area (Å²) < 4.78 is 46.9. The average Bonchev–Trinajstić information content (AvgIpc) is 0.873. The lowest BCUT2D eigenvalue weighted by Gasteiger charge is -2.51. The lowest BCUT2D eigenvalue weighted by molar-refractivity contribution is -0.173. The van der Waals surface area contributed by atoms with E-state index in [2.05, 4.69) is 68.0 Å². The number of benzene rings is 1. The van der Waals surface area contributed by atoms with Crippen LogP contribution in [0.25, 0.3) is 6.08 Å². The van der Waals surface area contributed by atoms with Gasteiger partial charge in [-0.15, -0.1) is 34.9 Å². The molecule has 676 valence electrons. The van der Waals surface area contributed by atoms with E-state index in [4.69, 9.17) is 42.6 Å². The van der Waals surface area contributed by atoms with Gasteiger partial charge < -0.3 is 42.6 Å². The van der Waals surface area contributed by atoms with Crippen LogP contribution in [0.2, 0.25) is 0 Å². The summed E-state index contributed by atoms with van der Waals surface area (Å²) in [6, 6.07) is 16.4. The van der Waals surface area contributed by atoms with Crippen molar-refractivity contribution in [2.45, 2.75) is 208 Å². The van der Waals surface area contributed by atoms with Gasteiger partial charge in [0, 0.05) is 122 Å². The van der Waals surface area contributed by atoms with E-state index >= 15 is 0 Å². The maximum absolute atomic E-state index is 13.1. The van der Waals surface area contributed by atoms with Gasteiger partial charge in [0.15, 0.2) is 34.7 Å². The number of hydrogen-bond acceptors (Lipinski definition) is 33. The van der Waals surface area contributed by atoms with E-state index in [0.29, 0.717) is 54.8 Å². The third kappa shape index (κ3) is 24.4. The predicted octanol–water partition coefficient (Wildman–Crippen LogP) is 10.3. The minimum atomic E-state index is -1.16. The van der Waals surface area contributed by atoms with Crippen LogP contribution < -0.4 is 0 Å². The van der Waals surface area contributed by atoms with Crippen molar-refractivity contribution in [2.75, 3.05) is 143 Å². The Balaban J connectivity index is 0.000000138. The highest BCUT2D eigenvalue weighted by Gasteiger charge is 2.58. The van der Waals surface area contributed by atoms with Crippen LogP contribution in [0, 0.1) is 35.5 Å². The number of fused-ring (bicyclic) bond motifs is 19. The molecule has 3 aromatic heterocycles. The molecule has 21 heterocycles. The second-order valence-corrected chi connectivity index (χ2v) is 38.6. The number of hydrogen-bond donors (Lipinski definition) is 0. The predicted molar refractivity (Wildman–Crippen MR) is 466 cm³/mol. The standard InChI is InChI=1S/C21H23NO5S2.C17H27NO7.C15H17N3OS.C14H17NOS.C13H19NO5.C11H19NO2/c23-18(10-15-5-9-28-12-15)26-13-21(20(25)16-3-6-22(21)7-4-16)14-27-19(24)11-17-2-1-8-29-17;1-11(2)24-15(20)22-9-17(10-23-16(21)25-12(3)4)14(19)13-5-7-18(17)8-6-13;19-14-10-4-6-18(7-5-10)13(14)8-20-15-11-2-1-3-12(11)16-9-17-15;16-14-11-6-8-15(9-7-11)13(14)10-17-12-4-2-1-3-5-12;1-9(15)18-7-13(8-19-10(2)16)12(17)11-3-5-14(13)6-4-11;1-2-7-14-8-10-11(13)9-3-5-12(10)6-4-9/h1-2,5,8-9,12,16H,3-4,6-7,10-11,13-14H2;11-13H,5-10H2,1-4H3;1,3,9-10,13H,2,4-8H2;1-5,11,13H,6-10H2;11H,3-8H2,1-2H3;9-10H,2-8H2,1H3. The highest BCUT2D eigenvalue weighted by molar-refractivity contribution is 7.99. The molecule has 29 nitrogen and oxygen atoms in total. The summed E-state index contributed by atoms with van der Waals surface area (Å²) in [6.07, 6.45) is 17.1. The number of ether oxygens (including phenoxy) is 9. The minimum absolute atomic E-state index is 0.00360. The molecular weight excluding hydrogens is 1670 g/mol. The van der Waals surface area contributed by atoms with E-state index in [-0.39, 0.29) is 130 Å². The van der Waals surface area contributed by atoms with Gasteiger partial charge in [-0.05, 0) is 209 Å². The van der Waals surface area contributed by atoms with Crippen LogP contribution in [0.5, 0.6) is 0 Å². The Morgan fingerprint density at radius 2 is 0.911 bits per heavy atom. The second-order valence-electron chi connectivity index (χ2n) is 34.7. The third-order valence-corrected chi connectivity index (χ3v) is 29.7. The summed E-state index contributed by atoms with van der Waals surface area (Å²) in [5.41, 5.74) is -0.0316. The molecule has 4 atom stereocenters. The normalized spacial score (nSPS) is 28.6. The molecule has 1 aliphatic carbocycles. The van der Waals surface area contributed by atoms with Crippen molar-refractivity contribution in [2.24, 2.45) is 35.5 Å². The number of rotatable bonds is 28. The smallest absolute Gasteiger partial charge is 0.463 e. The zero-order valence-corrected chi connectivity index (χ0v) is 75.9. The van der Waals surface area contributed by atoms with Crippen molar-refractivity contribution in [3.05, 3.63) is 98.8 Å². The molecule has 18 aliphatic heterocycles. The molecule has 18 saturated heterocycles. The van der Waals surface area contributed by atoms with Crippen molar-refractivity contribution < 1.29 is 100 Å². The Hall–Kier alpha value is -7.70. The zero-order valence-electron chi connectivity index (χ0n) is 72.6. The first-order valence-electron chi connectivity index (χ1n) is 44.1. The second kappa shape index (κ2) is 45.3. The molecule has 0 spiro atoms. The molecule has 0 saturated carbocycles. The van der Waals surface area contributed by atoms with Gasteiger partial charge in [-0.1, -0.05) is 37.3 Å². The minimum Gasteiger partial charge on any atom is -0.463 e. The van der Waals surface area contributed by atoms with Crippen LogP contribution in [-0.4, -0.2) is 300 Å². The van der Waals surface area contributed by atoms with Crippen LogP contribution in [0.1, 0.15) is 154 Å². The van der Waals surface area contributed by atoms with Crippen molar-refractivity contribution in [3.8, 4) is 0 Å². The van der Waals surface area contributed by atoms with Crippen LogP contribution in [0.3, 0.4) is 0 Å². The Morgan fingerprint density at radius 3 is 1.31 bits per heavy atom. The van der Waals surface area contributed by atoms with E-state index in [0.717, 1.165) is 195 Å². The van der Waals surface area contributed by atoms with Crippen molar-refractivity contribution in [1.29, 1.82) is 0 Å². The van der Waals surface area contributed by atoms with Crippen LogP contribution in [0.4, 0.5) is 9.59 Å². The molecule has 12 bridgehead atoms. The number of esters is 4. The fourth-order valence-corrected chi connectivity index (χ4v) is 22.6. The zero-order chi connectivity index (χ0) is 88.1. The van der Waals surface area contributed by atoms with E-state index in [1.807, 2.05) is 66.9 Å². The molecule has 0 N–H and O–H groups in total. The number of thiophene rings is 2. The van der Waals surface area contributed by atoms with Gasteiger partial charge in [0.25, 0.3) is 0 Å². The highest BCUT2D eigenvalue weighted by Crippen LogP contribution is 2.42. The van der Waals surface area contributed by atoms with Crippen LogP contribution in [0.15, 0.2) is 87.0 Å². The van der Waals surface area contributed by atoms with Gasteiger partial charge >= 0.3 is 36.2 Å². The summed E-state index contributed by atoms with van der Waals surface area (Å²) in [5, 5.41) is 6.77. The fourth-order valence-electron chi connectivity index (χ4n) is 19.0. The van der Waals surface area contributed by atoms with E-state index < -0.39 is 40.9 Å². The van der Waals surface area contributed by atoms with Gasteiger partial charge in [-0.3, -0.25) is 77.3 Å². The average molecular weight is 1790 g/mol. The molecule has 1 aromatic carbocycles. The Morgan fingerprint density at radius 1 is 0.484 bits per heavy atom. The molecule has 0 radical (unpaired) electrons. The number of allylic oxidation sites excluding steroid dienone is 1. The number of Topliss-reactive ketones (excluding diaryl/α,β-unsaturated/α-hetero) is 6. The topological polar surface area (TPSA) is 333 Å². The molecule has 23 rings (SSSR count). The SMILES string of the molecule is CC(=O)OCC1(COC(C)=O)C(=O)C2CCN1CC2.CC(C)OC(=O)OCC1(COC(=O)OC(C)C)C(=O)C2CCN1CC2.CCCOCC1C(=O)C2CCN1CC2.O=C(Cc1ccsc1)OCC1(COC(=O)Cc2cccs2)C(=O)C2CCN1CC2.O=C1C2CCN(CC2)C1CSc1ccccc1.O=C1C2CCN(CC2)C1CSc1ncnc2c1CC=C2. The number of thioether (sulfide) groups is 2. The molecule has 4 unspecified atom stereocenters. The van der Waals surface area contributed by atoms with E-state index in [1.165, 1.54) is 47.0 Å². The lowest BCUT2D eigenvalue weighted by Crippen LogP contribution is -2.69. The van der Waals surface area contributed by atoms with Gasteiger partial charge in [-0.2, -0.15) is 11.3 Å². The Labute approximate surface area is 743 Å². The molecule has 19 aliphatic rings. The summed E-state index contributed by atoms with van der Waals surface area (Å²) in [4.78, 5) is 169. The summed E-state index contributed by atoms with van der Waals surface area (Å²) in [5.74, 6) is 2.41. The summed E-state index contributed by atoms with van der Waals surface area (Å²) in [6.45, 7) is 23.4. The van der Waals surface area contributed by atoms with Crippen LogP contribution >= 0.6 is 46.2 Å².